The second kappa shape index (κ2) is 5.88. The summed E-state index contributed by atoms with van der Waals surface area (Å²) in [6.07, 6.45) is -1.20. The van der Waals surface area contributed by atoms with Gasteiger partial charge >= 0.3 is 5.97 Å². The van der Waals surface area contributed by atoms with Crippen LogP contribution >= 0.6 is 0 Å². The van der Waals surface area contributed by atoms with Gasteiger partial charge in [0.25, 0.3) is 5.91 Å². The maximum absolute atomic E-state index is 11.3. The van der Waals surface area contributed by atoms with Gasteiger partial charge in [0.15, 0.2) is 0 Å². The highest BCUT2D eigenvalue weighted by molar-refractivity contribution is 5.95. The highest BCUT2D eigenvalue weighted by Crippen LogP contribution is 2.25. The van der Waals surface area contributed by atoms with Crippen LogP contribution in [0, 0.1) is 0 Å². The number of para-hydroxylation sites is 1. The van der Waals surface area contributed by atoms with E-state index in [2.05, 4.69) is 0 Å². The lowest BCUT2D eigenvalue weighted by Crippen LogP contribution is -2.20. The molecular weight excluding hydrogens is 258 g/mol. The van der Waals surface area contributed by atoms with Gasteiger partial charge in [0.1, 0.15) is 5.75 Å². The number of amides is 1. The van der Waals surface area contributed by atoms with Crippen LogP contribution in [0.5, 0.6) is 5.75 Å². The predicted octanol–water partition coefficient (Wildman–Crippen LogP) is 1.99. The van der Waals surface area contributed by atoms with Crippen molar-refractivity contribution >= 4 is 11.9 Å². The van der Waals surface area contributed by atoms with Gasteiger partial charge in [0.05, 0.1) is 5.56 Å². The molecule has 0 aromatic heterocycles. The van der Waals surface area contributed by atoms with Gasteiger partial charge in [-0.25, -0.2) is 4.79 Å². The number of benzene rings is 2. The summed E-state index contributed by atoms with van der Waals surface area (Å²) in [5, 5.41) is 9.28. The van der Waals surface area contributed by atoms with Crippen LogP contribution in [0.2, 0.25) is 0 Å². The molecule has 2 aromatic carbocycles. The van der Waals surface area contributed by atoms with E-state index < -0.39 is 18.0 Å². The molecule has 0 bridgehead atoms. The van der Waals surface area contributed by atoms with Crippen LogP contribution in [0.25, 0.3) is 0 Å². The lowest BCUT2D eigenvalue weighted by atomic mass is 10.1. The summed E-state index contributed by atoms with van der Waals surface area (Å²) in [6.45, 7) is 0. The van der Waals surface area contributed by atoms with E-state index in [9.17, 15) is 14.7 Å². The smallest absolute Gasteiger partial charge is 0.349 e. The van der Waals surface area contributed by atoms with Crippen LogP contribution in [0.15, 0.2) is 54.6 Å². The molecule has 1 amide bonds. The number of rotatable bonds is 5. The van der Waals surface area contributed by atoms with E-state index in [-0.39, 0.29) is 11.3 Å². The number of primary amides is 1. The quantitative estimate of drug-likeness (QED) is 0.870. The SMILES string of the molecule is NC(=O)c1ccccc1OC(C(=O)O)c1ccccc1. The molecule has 102 valence electrons. The molecule has 2 aromatic rings. The highest BCUT2D eigenvalue weighted by Gasteiger charge is 2.23. The molecule has 0 aliphatic carbocycles. The number of ether oxygens (including phenoxy) is 1. The lowest BCUT2D eigenvalue weighted by molar-refractivity contribution is -0.145. The van der Waals surface area contributed by atoms with E-state index in [4.69, 9.17) is 10.5 Å². The molecule has 0 saturated heterocycles. The van der Waals surface area contributed by atoms with E-state index >= 15 is 0 Å². The summed E-state index contributed by atoms with van der Waals surface area (Å²) in [5.74, 6) is -1.66. The van der Waals surface area contributed by atoms with E-state index in [1.807, 2.05) is 0 Å². The zero-order valence-electron chi connectivity index (χ0n) is 10.5. The Hall–Kier alpha value is -2.82. The molecule has 0 spiro atoms. The Morgan fingerprint density at radius 1 is 1.00 bits per heavy atom. The van der Waals surface area contributed by atoms with Crippen molar-refractivity contribution in [3.05, 3.63) is 65.7 Å². The van der Waals surface area contributed by atoms with Crippen LogP contribution in [0.1, 0.15) is 22.0 Å². The van der Waals surface area contributed by atoms with Crippen molar-refractivity contribution < 1.29 is 19.4 Å². The van der Waals surface area contributed by atoms with Gasteiger partial charge in [0.2, 0.25) is 6.10 Å². The zero-order chi connectivity index (χ0) is 14.5. The summed E-state index contributed by atoms with van der Waals surface area (Å²) in [7, 11) is 0. The van der Waals surface area contributed by atoms with E-state index in [0.717, 1.165) is 0 Å². The Kier molecular flexibility index (Phi) is 4.00. The molecular formula is C15H13NO4. The Balaban J connectivity index is 2.35. The van der Waals surface area contributed by atoms with Crippen molar-refractivity contribution in [3.63, 3.8) is 0 Å². The first-order chi connectivity index (χ1) is 9.59. The Labute approximate surface area is 115 Å². The maximum atomic E-state index is 11.3. The molecule has 3 N–H and O–H groups in total. The summed E-state index contributed by atoms with van der Waals surface area (Å²) in [4.78, 5) is 22.6. The Bertz CT molecular complexity index is 625. The molecule has 0 heterocycles. The van der Waals surface area contributed by atoms with Crippen molar-refractivity contribution in [1.29, 1.82) is 0 Å². The van der Waals surface area contributed by atoms with Gasteiger partial charge in [-0.15, -0.1) is 0 Å². The fraction of sp³-hybridized carbons (Fsp3) is 0.0667. The minimum absolute atomic E-state index is 0.148. The minimum atomic E-state index is -1.20. The third-order valence-corrected chi connectivity index (χ3v) is 2.72. The monoisotopic (exact) mass is 271 g/mol. The minimum Gasteiger partial charge on any atom is -0.478 e. The standard InChI is InChI=1S/C15H13NO4/c16-14(17)11-8-4-5-9-12(11)20-13(15(18)19)10-6-2-1-3-7-10/h1-9,13H,(H2,16,17)(H,18,19). The number of nitrogens with two attached hydrogens (primary N) is 1. The fourth-order valence-electron chi connectivity index (χ4n) is 1.79. The molecule has 0 saturated carbocycles. The molecule has 0 aliphatic rings. The van der Waals surface area contributed by atoms with E-state index in [1.165, 1.54) is 12.1 Å². The first-order valence-corrected chi connectivity index (χ1v) is 5.93. The highest BCUT2D eigenvalue weighted by atomic mass is 16.5. The number of carboxylic acids is 1. The van der Waals surface area contributed by atoms with Gasteiger partial charge in [-0.1, -0.05) is 42.5 Å². The number of carbonyl (C=O) groups excluding carboxylic acids is 1. The molecule has 5 heteroatoms. The number of hydrogen-bond donors (Lipinski definition) is 2. The summed E-state index contributed by atoms with van der Waals surface area (Å²) >= 11 is 0. The van der Waals surface area contributed by atoms with Crippen molar-refractivity contribution in [3.8, 4) is 5.75 Å². The number of carboxylic acid groups (broad SMARTS) is 1. The Morgan fingerprint density at radius 2 is 1.60 bits per heavy atom. The number of hydrogen-bond acceptors (Lipinski definition) is 3. The number of aliphatic carboxylic acids is 1. The third-order valence-electron chi connectivity index (χ3n) is 2.72. The summed E-state index contributed by atoms with van der Waals surface area (Å²) < 4.78 is 5.45. The van der Waals surface area contributed by atoms with Gasteiger partial charge in [-0.2, -0.15) is 0 Å². The van der Waals surface area contributed by atoms with Crippen molar-refractivity contribution in [2.75, 3.05) is 0 Å². The van der Waals surface area contributed by atoms with Crippen molar-refractivity contribution in [1.82, 2.24) is 0 Å². The first kappa shape index (κ1) is 13.6. The molecule has 0 radical (unpaired) electrons. The van der Waals surface area contributed by atoms with Crippen LogP contribution in [-0.4, -0.2) is 17.0 Å². The molecule has 2 rings (SSSR count). The van der Waals surface area contributed by atoms with Crippen LogP contribution in [-0.2, 0) is 4.79 Å². The average Bonchev–Trinajstić information content (AvgIpc) is 2.45. The van der Waals surface area contributed by atoms with Gasteiger partial charge in [-0.05, 0) is 12.1 Å². The van der Waals surface area contributed by atoms with Crippen LogP contribution in [0.3, 0.4) is 0 Å². The largest absolute Gasteiger partial charge is 0.478 e. The van der Waals surface area contributed by atoms with Gasteiger partial charge in [0, 0.05) is 5.56 Å². The average molecular weight is 271 g/mol. The van der Waals surface area contributed by atoms with E-state index in [1.54, 1.807) is 42.5 Å². The topological polar surface area (TPSA) is 89.6 Å². The van der Waals surface area contributed by atoms with Crippen LogP contribution in [0.4, 0.5) is 0 Å². The molecule has 1 unspecified atom stereocenters. The predicted molar refractivity (Wildman–Crippen MR) is 72.4 cm³/mol. The second-order valence-corrected chi connectivity index (χ2v) is 4.11. The number of carbonyl (C=O) groups is 2. The summed E-state index contributed by atoms with van der Waals surface area (Å²) in [6, 6.07) is 14.8. The molecule has 20 heavy (non-hydrogen) atoms. The zero-order valence-corrected chi connectivity index (χ0v) is 10.5. The Morgan fingerprint density at radius 3 is 2.20 bits per heavy atom. The first-order valence-electron chi connectivity index (χ1n) is 5.93. The van der Waals surface area contributed by atoms with Crippen molar-refractivity contribution in [2.24, 2.45) is 5.73 Å². The fourth-order valence-corrected chi connectivity index (χ4v) is 1.79. The second-order valence-electron chi connectivity index (χ2n) is 4.11. The van der Waals surface area contributed by atoms with Gasteiger partial charge < -0.3 is 15.6 Å². The van der Waals surface area contributed by atoms with E-state index in [0.29, 0.717) is 5.56 Å². The summed E-state index contributed by atoms with van der Waals surface area (Å²) in [5.41, 5.74) is 5.87. The molecule has 0 fully saturated rings. The molecule has 0 aliphatic heterocycles. The lowest BCUT2D eigenvalue weighted by Gasteiger charge is -2.17. The third kappa shape index (κ3) is 2.95. The molecule has 5 nitrogen and oxygen atoms in total. The molecule has 1 atom stereocenters. The van der Waals surface area contributed by atoms with Crippen molar-refractivity contribution in [2.45, 2.75) is 6.10 Å². The van der Waals surface area contributed by atoms with Crippen LogP contribution < -0.4 is 10.5 Å². The normalized spacial score (nSPS) is 11.6. The maximum Gasteiger partial charge on any atom is 0.349 e. The van der Waals surface area contributed by atoms with Gasteiger partial charge in [-0.3, -0.25) is 4.79 Å².